The number of hydrogen-bond donors (Lipinski definition) is 3. The average molecular weight is 338 g/mol. The summed E-state index contributed by atoms with van der Waals surface area (Å²) in [4.78, 5) is 12.7. The van der Waals surface area contributed by atoms with E-state index >= 15 is 0 Å². The number of rotatable bonds is 5. The van der Waals surface area contributed by atoms with E-state index in [1.807, 2.05) is 24.3 Å². The number of amides is 1. The third-order valence-electron chi connectivity index (χ3n) is 2.30. The maximum Gasteiger partial charge on any atom is 0.261 e. The molecule has 2 aromatic rings. The number of nitrogens with two attached hydrogens (primary N) is 1. The summed E-state index contributed by atoms with van der Waals surface area (Å²) in [6, 6.07) is 7.49. The first-order valence-corrected chi connectivity index (χ1v) is 6.37. The highest BCUT2D eigenvalue weighted by atomic mass is 79.9. The molecule has 0 aliphatic carbocycles. The topological polar surface area (TPSA) is 111 Å². The fourth-order valence-electron chi connectivity index (χ4n) is 1.36. The molecule has 8 nitrogen and oxygen atoms in total. The number of anilines is 1. The van der Waals surface area contributed by atoms with Gasteiger partial charge >= 0.3 is 0 Å². The molecule has 0 saturated carbocycles. The van der Waals surface area contributed by atoms with E-state index in [2.05, 4.69) is 48.8 Å². The Labute approximate surface area is 123 Å². The van der Waals surface area contributed by atoms with Gasteiger partial charge in [0.2, 0.25) is 0 Å². The summed E-state index contributed by atoms with van der Waals surface area (Å²) in [7, 11) is 0. The second-order valence-corrected chi connectivity index (χ2v) is 4.75. The number of benzene rings is 1. The van der Waals surface area contributed by atoms with Crippen LogP contribution < -0.4 is 16.6 Å². The molecule has 0 spiro atoms. The molecule has 2 rings (SSSR count). The Morgan fingerprint density at radius 3 is 2.65 bits per heavy atom. The lowest BCUT2D eigenvalue weighted by atomic mass is 10.2. The normalized spacial score (nSPS) is 10.1. The van der Waals surface area contributed by atoms with Crippen molar-refractivity contribution in [3.05, 3.63) is 40.9 Å². The van der Waals surface area contributed by atoms with E-state index in [0.29, 0.717) is 5.70 Å². The summed E-state index contributed by atoms with van der Waals surface area (Å²) >= 11 is 3.34. The minimum atomic E-state index is -0.347. The Kier molecular flexibility index (Phi) is 4.31. The molecule has 1 heterocycles. The summed E-state index contributed by atoms with van der Waals surface area (Å²) in [5.74, 6) is -0.328. The van der Waals surface area contributed by atoms with Crippen molar-refractivity contribution in [2.24, 2.45) is 0 Å². The van der Waals surface area contributed by atoms with E-state index < -0.39 is 0 Å². The van der Waals surface area contributed by atoms with E-state index in [1.165, 1.54) is 0 Å². The van der Waals surface area contributed by atoms with E-state index in [4.69, 9.17) is 5.73 Å². The van der Waals surface area contributed by atoms with Gasteiger partial charge in [-0.15, -0.1) is 5.10 Å². The van der Waals surface area contributed by atoms with Gasteiger partial charge in [0, 0.05) is 4.47 Å². The van der Waals surface area contributed by atoms with Crippen molar-refractivity contribution < 1.29 is 4.79 Å². The largest absolute Gasteiger partial charge is 0.365 e. The molecule has 4 N–H and O–H groups in total. The molecule has 0 radical (unpaired) electrons. The van der Waals surface area contributed by atoms with Gasteiger partial charge in [-0.1, -0.05) is 39.7 Å². The number of nitrogens with one attached hydrogen (secondary N) is 2. The molecule has 104 valence electrons. The zero-order chi connectivity index (χ0) is 14.5. The first-order chi connectivity index (χ1) is 9.54. The van der Waals surface area contributed by atoms with Crippen molar-refractivity contribution >= 4 is 33.5 Å². The van der Waals surface area contributed by atoms with Crippen molar-refractivity contribution in [1.29, 1.82) is 0 Å². The zero-order valence-electron chi connectivity index (χ0n) is 10.4. The Balaban J connectivity index is 1.84. The van der Waals surface area contributed by atoms with E-state index in [0.717, 1.165) is 14.8 Å². The van der Waals surface area contributed by atoms with Crippen LogP contribution in [-0.2, 0) is 11.3 Å². The molecule has 0 bridgehead atoms. The van der Waals surface area contributed by atoms with Crippen LogP contribution in [0.4, 0.5) is 5.95 Å². The van der Waals surface area contributed by atoms with Crippen LogP contribution >= 0.6 is 15.9 Å². The summed E-state index contributed by atoms with van der Waals surface area (Å²) < 4.78 is 0.966. The molecule has 0 aliphatic rings. The standard InChI is InChI=1S/C11H12BrN7O/c1-7(8-2-4-9(12)5-3-8)14-15-10(20)6-19-17-11(13)16-18-19/h2-5,14H,1,6H2,(H2,13,17)(H,15,20). The minimum Gasteiger partial charge on any atom is -0.365 e. The van der Waals surface area contributed by atoms with Crippen LogP contribution in [0.1, 0.15) is 5.56 Å². The minimum absolute atomic E-state index is 0.0185. The van der Waals surface area contributed by atoms with Crippen molar-refractivity contribution in [3.8, 4) is 0 Å². The number of aromatic nitrogens is 4. The predicted molar refractivity (Wildman–Crippen MR) is 76.7 cm³/mol. The Morgan fingerprint density at radius 1 is 1.35 bits per heavy atom. The van der Waals surface area contributed by atoms with Gasteiger partial charge < -0.3 is 5.73 Å². The van der Waals surface area contributed by atoms with Crippen LogP contribution in [0.25, 0.3) is 5.70 Å². The molecule has 1 aromatic carbocycles. The summed E-state index contributed by atoms with van der Waals surface area (Å²) in [6.07, 6.45) is 0. The zero-order valence-corrected chi connectivity index (χ0v) is 12.0. The Morgan fingerprint density at radius 2 is 2.05 bits per heavy atom. The molecular weight excluding hydrogens is 326 g/mol. The molecule has 0 fully saturated rings. The second kappa shape index (κ2) is 6.15. The van der Waals surface area contributed by atoms with Gasteiger partial charge in [-0.3, -0.25) is 15.6 Å². The monoisotopic (exact) mass is 337 g/mol. The fraction of sp³-hybridized carbons (Fsp3) is 0.0909. The smallest absolute Gasteiger partial charge is 0.261 e. The van der Waals surface area contributed by atoms with Crippen LogP contribution in [-0.4, -0.2) is 26.1 Å². The lowest BCUT2D eigenvalue weighted by Crippen LogP contribution is -2.38. The number of nitrogens with zero attached hydrogens (tertiary/aromatic N) is 4. The highest BCUT2D eigenvalue weighted by Crippen LogP contribution is 2.14. The van der Waals surface area contributed by atoms with Crippen molar-refractivity contribution in [3.63, 3.8) is 0 Å². The Hall–Kier alpha value is -2.42. The van der Waals surface area contributed by atoms with E-state index in [-0.39, 0.29) is 18.4 Å². The molecule has 0 aliphatic heterocycles. The molecular formula is C11H12BrN7O. The number of carbonyl (C=O) groups excluding carboxylic acids is 1. The van der Waals surface area contributed by atoms with Crippen LogP contribution in [0.15, 0.2) is 35.3 Å². The molecule has 9 heteroatoms. The second-order valence-electron chi connectivity index (χ2n) is 3.84. The molecule has 0 atom stereocenters. The number of hydrazine groups is 1. The maximum absolute atomic E-state index is 11.6. The molecule has 0 unspecified atom stereocenters. The van der Waals surface area contributed by atoms with Crippen molar-refractivity contribution in [2.45, 2.75) is 6.54 Å². The van der Waals surface area contributed by atoms with Crippen molar-refractivity contribution in [2.75, 3.05) is 5.73 Å². The first kappa shape index (κ1) is 14.0. The first-order valence-electron chi connectivity index (χ1n) is 5.57. The summed E-state index contributed by atoms with van der Waals surface area (Å²) in [5.41, 5.74) is 11.9. The lowest BCUT2D eigenvalue weighted by Gasteiger charge is -2.10. The highest BCUT2D eigenvalue weighted by Gasteiger charge is 2.06. The van der Waals surface area contributed by atoms with Gasteiger partial charge in [0.15, 0.2) is 0 Å². The molecule has 1 aromatic heterocycles. The van der Waals surface area contributed by atoms with Gasteiger partial charge in [-0.2, -0.15) is 4.80 Å². The molecule has 0 saturated heterocycles. The lowest BCUT2D eigenvalue weighted by molar-refractivity contribution is -0.122. The van der Waals surface area contributed by atoms with Gasteiger partial charge in [0.25, 0.3) is 11.9 Å². The number of nitrogen functional groups attached to an aromatic ring is 1. The van der Waals surface area contributed by atoms with Crippen LogP contribution in [0.5, 0.6) is 0 Å². The fourth-order valence-corrected chi connectivity index (χ4v) is 1.62. The average Bonchev–Trinajstić information content (AvgIpc) is 2.82. The van der Waals surface area contributed by atoms with E-state index in [9.17, 15) is 4.79 Å². The number of carbonyl (C=O) groups is 1. The third-order valence-corrected chi connectivity index (χ3v) is 2.83. The van der Waals surface area contributed by atoms with Gasteiger partial charge in [0.05, 0.1) is 5.70 Å². The van der Waals surface area contributed by atoms with Gasteiger partial charge in [-0.25, -0.2) is 0 Å². The van der Waals surface area contributed by atoms with Crippen LogP contribution in [0, 0.1) is 0 Å². The number of tetrazole rings is 1. The number of halogens is 1. The van der Waals surface area contributed by atoms with Crippen LogP contribution in [0.2, 0.25) is 0 Å². The molecule has 1 amide bonds. The Bertz CT molecular complexity index is 622. The quantitative estimate of drug-likeness (QED) is 0.677. The van der Waals surface area contributed by atoms with Gasteiger partial charge in [0.1, 0.15) is 6.54 Å². The van der Waals surface area contributed by atoms with Gasteiger partial charge in [-0.05, 0) is 22.9 Å². The molecule has 20 heavy (non-hydrogen) atoms. The van der Waals surface area contributed by atoms with E-state index in [1.54, 1.807) is 0 Å². The number of hydrogen-bond acceptors (Lipinski definition) is 6. The van der Waals surface area contributed by atoms with Crippen LogP contribution in [0.3, 0.4) is 0 Å². The SMILES string of the molecule is C=C(NNC(=O)Cn1nnc(N)n1)c1ccc(Br)cc1. The summed E-state index contributed by atoms with van der Waals surface area (Å²) in [5, 5.41) is 10.7. The maximum atomic E-state index is 11.6. The predicted octanol–water partition coefficient (Wildman–Crippen LogP) is 0.309. The highest BCUT2D eigenvalue weighted by molar-refractivity contribution is 9.10. The summed E-state index contributed by atoms with van der Waals surface area (Å²) in [6.45, 7) is 3.73. The third kappa shape index (κ3) is 3.79. The van der Waals surface area contributed by atoms with Crippen molar-refractivity contribution in [1.82, 2.24) is 31.1 Å².